The van der Waals surface area contributed by atoms with Crippen LogP contribution in [0.25, 0.3) is 17.3 Å². The normalized spacial score (nSPS) is 10.8. The van der Waals surface area contributed by atoms with Gasteiger partial charge in [-0.05, 0) is 36.4 Å². The Kier molecular flexibility index (Phi) is 5.25. The van der Waals surface area contributed by atoms with Gasteiger partial charge < -0.3 is 9.15 Å². The second kappa shape index (κ2) is 8.14. The number of thioether (sulfide) groups is 1. The maximum Gasteiger partial charge on any atom is 0.205 e. The molecule has 4 aromatic rings. The minimum absolute atomic E-state index is 0.00828. The van der Waals surface area contributed by atoms with E-state index in [1.165, 1.54) is 11.8 Å². The Hall–Kier alpha value is -3.32. The van der Waals surface area contributed by atoms with Crippen LogP contribution in [0.15, 0.2) is 82.6 Å². The molecule has 28 heavy (non-hydrogen) atoms. The Balaban J connectivity index is 1.62. The fraction of sp³-hybridized carbons (Fsp3) is 0.0952. The van der Waals surface area contributed by atoms with Gasteiger partial charge in [-0.1, -0.05) is 42.1 Å². The fourth-order valence-corrected chi connectivity index (χ4v) is 3.59. The summed E-state index contributed by atoms with van der Waals surface area (Å²) >= 11 is 1.33. The van der Waals surface area contributed by atoms with Crippen molar-refractivity contribution in [1.82, 2.24) is 14.8 Å². The fourth-order valence-electron chi connectivity index (χ4n) is 2.75. The van der Waals surface area contributed by atoms with Crippen molar-refractivity contribution >= 4 is 17.5 Å². The van der Waals surface area contributed by atoms with Gasteiger partial charge in [0.05, 0.1) is 19.1 Å². The lowest BCUT2D eigenvalue weighted by Gasteiger charge is -2.09. The Morgan fingerprint density at radius 3 is 2.68 bits per heavy atom. The maximum absolute atomic E-state index is 12.6. The van der Waals surface area contributed by atoms with Crippen molar-refractivity contribution in [3.8, 4) is 23.0 Å². The molecule has 0 aliphatic carbocycles. The summed E-state index contributed by atoms with van der Waals surface area (Å²) < 4.78 is 12.6. The predicted octanol–water partition coefficient (Wildman–Crippen LogP) is 4.51. The first kappa shape index (κ1) is 18.1. The summed E-state index contributed by atoms with van der Waals surface area (Å²) in [5.74, 6) is 2.08. The number of carbonyl (C=O) groups is 1. The largest absolute Gasteiger partial charge is 0.497 e. The van der Waals surface area contributed by atoms with Gasteiger partial charge in [0.15, 0.2) is 16.7 Å². The second-order valence-electron chi connectivity index (χ2n) is 5.90. The summed E-state index contributed by atoms with van der Waals surface area (Å²) in [6.07, 6.45) is 1.60. The molecule has 7 heteroatoms. The Labute approximate surface area is 166 Å². The average molecular weight is 391 g/mol. The monoisotopic (exact) mass is 391 g/mol. The van der Waals surface area contributed by atoms with E-state index in [-0.39, 0.29) is 11.5 Å². The number of furan rings is 1. The molecule has 0 spiro atoms. The quantitative estimate of drug-likeness (QED) is 0.341. The van der Waals surface area contributed by atoms with E-state index in [0.29, 0.717) is 28.1 Å². The van der Waals surface area contributed by atoms with E-state index in [4.69, 9.17) is 9.15 Å². The van der Waals surface area contributed by atoms with E-state index in [0.717, 1.165) is 5.69 Å². The summed E-state index contributed by atoms with van der Waals surface area (Å²) in [4.78, 5) is 12.6. The zero-order valence-corrected chi connectivity index (χ0v) is 15.9. The molecule has 0 unspecified atom stereocenters. The molecule has 0 fully saturated rings. The second-order valence-corrected chi connectivity index (χ2v) is 6.84. The Morgan fingerprint density at radius 2 is 1.93 bits per heavy atom. The summed E-state index contributed by atoms with van der Waals surface area (Å²) in [6.45, 7) is 0. The molecule has 0 saturated heterocycles. The van der Waals surface area contributed by atoms with Gasteiger partial charge in [0.1, 0.15) is 5.75 Å². The third-order valence-corrected chi connectivity index (χ3v) is 5.04. The van der Waals surface area contributed by atoms with E-state index in [9.17, 15) is 4.79 Å². The lowest BCUT2D eigenvalue weighted by Crippen LogP contribution is -2.05. The molecule has 6 nitrogen and oxygen atoms in total. The molecule has 0 amide bonds. The standard InChI is InChI=1S/C21H17N3O3S/c1-26-17-10-5-7-15(13-17)18(25)14-28-21-23-22-20(19-11-6-12-27-19)24(21)16-8-3-2-4-9-16/h2-13H,14H2,1H3. The van der Waals surface area contributed by atoms with Crippen LogP contribution in [0.1, 0.15) is 10.4 Å². The molecule has 0 N–H and O–H groups in total. The summed E-state index contributed by atoms with van der Waals surface area (Å²) in [6, 6.07) is 20.5. The highest BCUT2D eigenvalue weighted by atomic mass is 32.2. The SMILES string of the molecule is COc1cccc(C(=O)CSc2nnc(-c3ccco3)n2-c2ccccc2)c1. The zero-order valence-electron chi connectivity index (χ0n) is 15.1. The highest BCUT2D eigenvalue weighted by molar-refractivity contribution is 7.99. The van der Waals surface area contributed by atoms with Crippen molar-refractivity contribution in [3.05, 3.63) is 78.6 Å². The van der Waals surface area contributed by atoms with Crippen molar-refractivity contribution in [2.75, 3.05) is 12.9 Å². The lowest BCUT2D eigenvalue weighted by molar-refractivity contribution is 0.102. The first-order chi connectivity index (χ1) is 13.8. The Bertz CT molecular complexity index is 1080. The number of nitrogens with zero attached hydrogens (tertiary/aromatic N) is 3. The minimum atomic E-state index is -0.00828. The molecule has 2 aromatic carbocycles. The average Bonchev–Trinajstić information content (AvgIpc) is 3.42. The topological polar surface area (TPSA) is 70.2 Å². The molecule has 0 atom stereocenters. The van der Waals surface area contributed by atoms with Crippen LogP contribution < -0.4 is 4.74 Å². The molecule has 0 aliphatic rings. The third-order valence-electron chi connectivity index (χ3n) is 4.11. The maximum atomic E-state index is 12.6. The third kappa shape index (κ3) is 3.70. The number of rotatable bonds is 7. The molecular weight excluding hydrogens is 374 g/mol. The summed E-state index contributed by atoms with van der Waals surface area (Å²) in [5.41, 5.74) is 1.50. The van der Waals surface area contributed by atoms with Gasteiger partial charge in [0, 0.05) is 11.3 Å². The van der Waals surface area contributed by atoms with Gasteiger partial charge in [0.25, 0.3) is 0 Å². The van der Waals surface area contributed by atoms with E-state index >= 15 is 0 Å². The molecule has 0 radical (unpaired) electrons. The summed E-state index contributed by atoms with van der Waals surface area (Å²) in [5, 5.41) is 9.19. The van der Waals surface area contributed by atoms with Gasteiger partial charge in [0.2, 0.25) is 5.82 Å². The molecule has 0 bridgehead atoms. The van der Waals surface area contributed by atoms with Crippen LogP contribution in [0, 0.1) is 0 Å². The molecule has 2 aromatic heterocycles. The molecule has 2 heterocycles. The highest BCUT2D eigenvalue weighted by Gasteiger charge is 2.19. The number of benzene rings is 2. The van der Waals surface area contributed by atoms with Crippen LogP contribution in [0.5, 0.6) is 5.75 Å². The molecular formula is C21H17N3O3S. The first-order valence-corrected chi connectivity index (χ1v) is 9.59. The van der Waals surface area contributed by atoms with Crippen molar-refractivity contribution < 1.29 is 13.9 Å². The molecule has 0 aliphatic heterocycles. The van der Waals surface area contributed by atoms with Crippen LogP contribution in [-0.2, 0) is 0 Å². The lowest BCUT2D eigenvalue weighted by atomic mass is 10.1. The van der Waals surface area contributed by atoms with Gasteiger partial charge in [-0.2, -0.15) is 0 Å². The van der Waals surface area contributed by atoms with Crippen LogP contribution >= 0.6 is 11.8 Å². The number of carbonyl (C=O) groups excluding carboxylic acids is 1. The van der Waals surface area contributed by atoms with Crippen LogP contribution in [0.4, 0.5) is 0 Å². The molecule has 4 rings (SSSR count). The Morgan fingerprint density at radius 1 is 1.07 bits per heavy atom. The minimum Gasteiger partial charge on any atom is -0.497 e. The number of para-hydroxylation sites is 1. The number of Topliss-reactive ketones (excluding diaryl/α,β-unsaturated/α-hetero) is 1. The molecule has 0 saturated carbocycles. The van der Waals surface area contributed by atoms with E-state index in [1.54, 1.807) is 37.6 Å². The number of ether oxygens (including phenoxy) is 1. The van der Waals surface area contributed by atoms with Crippen molar-refractivity contribution in [2.45, 2.75) is 5.16 Å². The van der Waals surface area contributed by atoms with Crippen molar-refractivity contribution in [3.63, 3.8) is 0 Å². The smallest absolute Gasteiger partial charge is 0.205 e. The van der Waals surface area contributed by atoms with Crippen LogP contribution in [0.3, 0.4) is 0 Å². The van der Waals surface area contributed by atoms with E-state index in [2.05, 4.69) is 10.2 Å². The zero-order chi connectivity index (χ0) is 19.3. The number of hydrogen-bond donors (Lipinski definition) is 0. The van der Waals surface area contributed by atoms with Gasteiger partial charge in [-0.3, -0.25) is 9.36 Å². The summed E-state index contributed by atoms with van der Waals surface area (Å²) in [7, 11) is 1.58. The van der Waals surface area contributed by atoms with Crippen molar-refractivity contribution in [1.29, 1.82) is 0 Å². The number of aromatic nitrogens is 3. The van der Waals surface area contributed by atoms with Crippen LogP contribution in [-0.4, -0.2) is 33.4 Å². The predicted molar refractivity (Wildman–Crippen MR) is 107 cm³/mol. The van der Waals surface area contributed by atoms with Gasteiger partial charge in [-0.15, -0.1) is 10.2 Å². The number of hydrogen-bond acceptors (Lipinski definition) is 6. The van der Waals surface area contributed by atoms with Crippen LogP contribution in [0.2, 0.25) is 0 Å². The van der Waals surface area contributed by atoms with Gasteiger partial charge >= 0.3 is 0 Å². The first-order valence-electron chi connectivity index (χ1n) is 8.61. The van der Waals surface area contributed by atoms with Crippen molar-refractivity contribution in [2.24, 2.45) is 0 Å². The molecule has 140 valence electrons. The van der Waals surface area contributed by atoms with E-state index in [1.807, 2.05) is 47.0 Å². The number of ketones is 1. The van der Waals surface area contributed by atoms with E-state index < -0.39 is 0 Å². The van der Waals surface area contributed by atoms with Gasteiger partial charge in [-0.25, -0.2) is 0 Å². The number of methoxy groups -OCH3 is 1. The highest BCUT2D eigenvalue weighted by Crippen LogP contribution is 2.28.